The Morgan fingerprint density at radius 1 is 1.37 bits per heavy atom. The van der Waals surface area contributed by atoms with E-state index < -0.39 is 0 Å². The van der Waals surface area contributed by atoms with Gasteiger partial charge in [-0.15, -0.1) is 0 Å². The van der Waals surface area contributed by atoms with Gasteiger partial charge in [-0.25, -0.2) is 4.98 Å². The Morgan fingerprint density at radius 2 is 2.15 bits per heavy atom. The lowest BCUT2D eigenvalue weighted by Crippen LogP contribution is -2.32. The van der Waals surface area contributed by atoms with E-state index in [1.165, 1.54) is 5.56 Å². The molecule has 1 aromatic carbocycles. The van der Waals surface area contributed by atoms with Gasteiger partial charge < -0.3 is 10.1 Å². The van der Waals surface area contributed by atoms with Crippen LogP contribution in [0.5, 0.6) is 0 Å². The first-order valence-electron chi connectivity index (χ1n) is 8.94. The average molecular weight is 383 g/mol. The van der Waals surface area contributed by atoms with E-state index in [9.17, 15) is 5.26 Å². The Morgan fingerprint density at radius 3 is 2.81 bits per heavy atom. The molecule has 5 nitrogen and oxygen atoms in total. The SMILES string of the molecule is C=Cc1ccc(CN2CCc3c(C#N)c(Cl)nc(NCCOC)c3C2)cc1. The molecule has 0 fully saturated rings. The molecule has 6 heteroatoms. The molecule has 0 bridgehead atoms. The number of ether oxygens (including phenoxy) is 1. The summed E-state index contributed by atoms with van der Waals surface area (Å²) in [7, 11) is 1.66. The highest BCUT2D eigenvalue weighted by Gasteiger charge is 2.25. The van der Waals surface area contributed by atoms with E-state index in [0.717, 1.165) is 48.6 Å². The third-order valence-electron chi connectivity index (χ3n) is 4.76. The summed E-state index contributed by atoms with van der Waals surface area (Å²) in [4.78, 5) is 6.80. The molecule has 0 atom stereocenters. The summed E-state index contributed by atoms with van der Waals surface area (Å²) < 4.78 is 5.11. The Bertz CT molecular complexity index is 858. The second-order valence-electron chi connectivity index (χ2n) is 6.52. The summed E-state index contributed by atoms with van der Waals surface area (Å²) in [6.07, 6.45) is 2.63. The van der Waals surface area contributed by atoms with Crippen LogP contribution in [0.1, 0.15) is 27.8 Å². The predicted octanol–water partition coefficient (Wildman–Crippen LogP) is 3.87. The van der Waals surface area contributed by atoms with Gasteiger partial charge in [0.1, 0.15) is 17.0 Å². The van der Waals surface area contributed by atoms with Crippen LogP contribution in [0.2, 0.25) is 5.15 Å². The fourth-order valence-corrected chi connectivity index (χ4v) is 3.58. The number of halogens is 1. The maximum Gasteiger partial charge on any atom is 0.149 e. The van der Waals surface area contributed by atoms with Crippen molar-refractivity contribution in [2.75, 3.05) is 32.1 Å². The largest absolute Gasteiger partial charge is 0.383 e. The van der Waals surface area contributed by atoms with E-state index in [1.54, 1.807) is 7.11 Å². The standard InChI is InChI=1S/C21H23ClN4O/c1-3-15-4-6-16(7-5-15)13-26-10-8-17-18(12-23)20(22)25-21(19(17)14-26)24-9-11-27-2/h3-7H,1,8-11,13-14H2,2H3,(H,24,25). The topological polar surface area (TPSA) is 61.2 Å². The first-order valence-corrected chi connectivity index (χ1v) is 9.32. The number of nitrogens with one attached hydrogen (secondary N) is 1. The molecule has 0 saturated carbocycles. The number of fused-ring (bicyclic) bond motifs is 1. The first-order chi connectivity index (χ1) is 13.2. The van der Waals surface area contributed by atoms with Gasteiger partial charge in [0.25, 0.3) is 0 Å². The van der Waals surface area contributed by atoms with Crippen LogP contribution in [0.25, 0.3) is 6.08 Å². The number of anilines is 1. The molecule has 0 radical (unpaired) electrons. The molecule has 1 aliphatic rings. The number of nitriles is 1. The Balaban J connectivity index is 1.83. The molecule has 140 valence electrons. The minimum atomic E-state index is 0.268. The number of nitrogens with zero attached hydrogens (tertiary/aromatic N) is 3. The smallest absolute Gasteiger partial charge is 0.149 e. The van der Waals surface area contributed by atoms with Crippen LogP contribution in [0.15, 0.2) is 30.8 Å². The van der Waals surface area contributed by atoms with Crippen molar-refractivity contribution in [3.63, 3.8) is 0 Å². The Kier molecular flexibility index (Phi) is 6.46. The van der Waals surface area contributed by atoms with Crippen LogP contribution >= 0.6 is 11.6 Å². The van der Waals surface area contributed by atoms with Crippen molar-refractivity contribution in [1.29, 1.82) is 5.26 Å². The molecule has 0 amide bonds. The Labute approximate surface area is 165 Å². The molecule has 1 aliphatic heterocycles. The van der Waals surface area contributed by atoms with Crippen molar-refractivity contribution in [2.45, 2.75) is 19.5 Å². The summed E-state index contributed by atoms with van der Waals surface area (Å²) in [6, 6.07) is 10.6. The summed E-state index contributed by atoms with van der Waals surface area (Å²) in [5.74, 6) is 0.748. The van der Waals surface area contributed by atoms with Crippen LogP contribution in [0, 0.1) is 11.3 Å². The van der Waals surface area contributed by atoms with Gasteiger partial charge in [0.05, 0.1) is 12.2 Å². The normalized spacial score (nSPS) is 13.7. The van der Waals surface area contributed by atoms with Crippen LogP contribution < -0.4 is 5.32 Å². The molecule has 1 N–H and O–H groups in total. The van der Waals surface area contributed by atoms with E-state index in [-0.39, 0.29) is 5.15 Å². The zero-order chi connectivity index (χ0) is 19.2. The molecule has 27 heavy (non-hydrogen) atoms. The fraction of sp³-hybridized carbons (Fsp3) is 0.333. The number of methoxy groups -OCH3 is 1. The van der Waals surface area contributed by atoms with Gasteiger partial charge in [-0.05, 0) is 23.1 Å². The van der Waals surface area contributed by atoms with Crippen LogP contribution in [0.3, 0.4) is 0 Å². The number of hydrogen-bond donors (Lipinski definition) is 1. The molecular weight excluding hydrogens is 360 g/mol. The van der Waals surface area contributed by atoms with Gasteiger partial charge in [-0.1, -0.05) is 48.5 Å². The van der Waals surface area contributed by atoms with E-state index in [2.05, 4.69) is 52.1 Å². The lowest BCUT2D eigenvalue weighted by molar-refractivity contribution is 0.210. The average Bonchev–Trinajstić information content (AvgIpc) is 2.69. The molecule has 0 saturated heterocycles. The van der Waals surface area contributed by atoms with Gasteiger partial charge in [-0.2, -0.15) is 5.26 Å². The van der Waals surface area contributed by atoms with Crippen LogP contribution in [-0.4, -0.2) is 36.7 Å². The maximum atomic E-state index is 9.49. The van der Waals surface area contributed by atoms with Gasteiger partial charge in [-0.3, -0.25) is 4.90 Å². The summed E-state index contributed by atoms with van der Waals surface area (Å²) in [5.41, 5.74) is 4.93. The zero-order valence-electron chi connectivity index (χ0n) is 15.5. The van der Waals surface area contributed by atoms with Crippen molar-refractivity contribution in [3.8, 4) is 6.07 Å². The minimum absolute atomic E-state index is 0.268. The highest BCUT2D eigenvalue weighted by Crippen LogP contribution is 2.32. The van der Waals surface area contributed by atoms with Crippen molar-refractivity contribution < 1.29 is 4.74 Å². The van der Waals surface area contributed by atoms with Crippen molar-refractivity contribution in [2.24, 2.45) is 0 Å². The summed E-state index contributed by atoms with van der Waals surface area (Å²) >= 11 is 6.25. The number of hydrogen-bond acceptors (Lipinski definition) is 5. The van der Waals surface area contributed by atoms with E-state index >= 15 is 0 Å². The lowest BCUT2D eigenvalue weighted by Gasteiger charge is -2.31. The maximum absolute atomic E-state index is 9.49. The van der Waals surface area contributed by atoms with E-state index in [1.807, 2.05) is 6.08 Å². The van der Waals surface area contributed by atoms with Gasteiger partial charge in [0.15, 0.2) is 0 Å². The number of benzene rings is 1. The lowest BCUT2D eigenvalue weighted by atomic mass is 9.96. The van der Waals surface area contributed by atoms with E-state index in [4.69, 9.17) is 16.3 Å². The fourth-order valence-electron chi connectivity index (χ4n) is 3.34. The number of rotatable bonds is 7. The second kappa shape index (κ2) is 9.01. The highest BCUT2D eigenvalue weighted by atomic mass is 35.5. The van der Waals surface area contributed by atoms with Crippen LogP contribution in [0.4, 0.5) is 5.82 Å². The number of aromatic nitrogens is 1. The third-order valence-corrected chi connectivity index (χ3v) is 5.03. The molecule has 0 unspecified atom stereocenters. The molecule has 3 rings (SSSR count). The first kappa shape index (κ1) is 19.4. The molecule has 1 aromatic heterocycles. The van der Waals surface area contributed by atoms with Crippen molar-refractivity contribution >= 4 is 23.5 Å². The van der Waals surface area contributed by atoms with Gasteiger partial charge >= 0.3 is 0 Å². The highest BCUT2D eigenvalue weighted by molar-refractivity contribution is 6.30. The third kappa shape index (κ3) is 4.48. The number of pyridine rings is 1. The van der Waals surface area contributed by atoms with Gasteiger partial charge in [0.2, 0.25) is 0 Å². The predicted molar refractivity (Wildman–Crippen MR) is 109 cm³/mol. The molecule has 0 aliphatic carbocycles. The van der Waals surface area contributed by atoms with Crippen LogP contribution in [-0.2, 0) is 24.2 Å². The molecule has 0 spiro atoms. The van der Waals surface area contributed by atoms with Crippen molar-refractivity contribution in [3.05, 3.63) is 63.8 Å². The quantitative estimate of drug-likeness (QED) is 0.582. The summed E-state index contributed by atoms with van der Waals surface area (Å²) in [5, 5.41) is 13.1. The summed E-state index contributed by atoms with van der Waals surface area (Å²) in [6.45, 7) is 7.46. The van der Waals surface area contributed by atoms with Crippen molar-refractivity contribution in [1.82, 2.24) is 9.88 Å². The molecule has 2 aromatic rings. The van der Waals surface area contributed by atoms with Gasteiger partial charge in [0, 0.05) is 38.9 Å². The van der Waals surface area contributed by atoms with E-state index in [0.29, 0.717) is 18.7 Å². The molecule has 2 heterocycles. The minimum Gasteiger partial charge on any atom is -0.383 e. The Hall–Kier alpha value is -2.39. The second-order valence-corrected chi connectivity index (χ2v) is 6.88. The zero-order valence-corrected chi connectivity index (χ0v) is 16.2. The monoisotopic (exact) mass is 382 g/mol. The molecular formula is C21H23ClN4O.